The largest absolute Gasteiger partial charge is 0.434 e. The number of fused-ring (bicyclic) bond motifs is 1. The molecule has 3 heterocycles. The number of hydrogen-bond donors (Lipinski definition) is 1. The minimum absolute atomic E-state index is 0.00607. The number of anilines is 1. The van der Waals surface area contributed by atoms with Crippen LogP contribution in [0.4, 0.5) is 27.9 Å². The molecule has 1 aliphatic rings. The van der Waals surface area contributed by atoms with Crippen LogP contribution in [-0.2, 0) is 6.18 Å². The van der Waals surface area contributed by atoms with Gasteiger partial charge in [0.25, 0.3) is 0 Å². The Morgan fingerprint density at radius 3 is 2.71 bits per heavy atom. The Balaban J connectivity index is 1.74. The number of piperidine rings is 1. The Kier molecular flexibility index (Phi) is 5.69. The number of nitrogens with zero attached hydrogens (tertiary/aromatic N) is 4. The first-order valence-electron chi connectivity index (χ1n) is 9.67. The van der Waals surface area contributed by atoms with E-state index in [1.807, 2.05) is 7.05 Å². The highest BCUT2D eigenvalue weighted by Crippen LogP contribution is 2.38. The van der Waals surface area contributed by atoms with Gasteiger partial charge in [0.2, 0.25) is 5.95 Å². The predicted octanol–water partition coefficient (Wildman–Crippen LogP) is 4.52. The molecule has 2 aromatic heterocycles. The summed E-state index contributed by atoms with van der Waals surface area (Å²) in [6.45, 7) is -1.44. The molecule has 1 saturated heterocycles. The van der Waals surface area contributed by atoms with E-state index in [9.17, 15) is 22.0 Å². The number of halogens is 5. The lowest BCUT2D eigenvalue weighted by Gasteiger charge is -2.30. The van der Waals surface area contributed by atoms with Crippen LogP contribution in [0.15, 0.2) is 36.5 Å². The van der Waals surface area contributed by atoms with Gasteiger partial charge in [-0.2, -0.15) is 22.0 Å². The minimum atomic E-state index is -4.70. The number of benzene rings is 1. The van der Waals surface area contributed by atoms with Crippen molar-refractivity contribution in [1.29, 1.82) is 0 Å². The number of rotatable bonds is 5. The van der Waals surface area contributed by atoms with E-state index in [1.165, 1.54) is 0 Å². The molecule has 0 bridgehead atoms. The molecule has 1 fully saturated rings. The molecule has 1 atom stereocenters. The SMILES string of the molecule is CN1CCCC(Nc2nnc(-c3ccc(C(F)(F)F)cc3OC(F)F)c3cccn23)C1. The number of likely N-dealkylation sites (N-methyl/N-ethyl adjacent to an activating group) is 1. The Morgan fingerprint density at radius 2 is 2.00 bits per heavy atom. The molecule has 1 aliphatic heterocycles. The Morgan fingerprint density at radius 1 is 1.19 bits per heavy atom. The second kappa shape index (κ2) is 8.29. The van der Waals surface area contributed by atoms with E-state index in [0.717, 1.165) is 38.1 Å². The second-order valence-corrected chi connectivity index (χ2v) is 7.47. The van der Waals surface area contributed by atoms with E-state index in [0.29, 0.717) is 17.5 Å². The molecule has 1 aromatic carbocycles. The van der Waals surface area contributed by atoms with Crippen molar-refractivity contribution in [3.63, 3.8) is 0 Å². The molecular weight excluding hydrogens is 421 g/mol. The number of ether oxygens (including phenoxy) is 1. The van der Waals surface area contributed by atoms with Crippen molar-refractivity contribution in [3.8, 4) is 17.0 Å². The summed E-state index contributed by atoms with van der Waals surface area (Å²) in [6, 6.07) is 5.99. The van der Waals surface area contributed by atoms with Crippen LogP contribution in [0.25, 0.3) is 16.8 Å². The van der Waals surface area contributed by atoms with E-state index < -0.39 is 24.1 Å². The van der Waals surface area contributed by atoms with Gasteiger partial charge in [0.1, 0.15) is 11.4 Å². The van der Waals surface area contributed by atoms with Crippen LogP contribution in [0, 0.1) is 0 Å². The van der Waals surface area contributed by atoms with Crippen LogP contribution in [0.2, 0.25) is 0 Å². The molecule has 1 unspecified atom stereocenters. The molecule has 0 saturated carbocycles. The number of likely N-dealkylation sites (tertiary alicyclic amines) is 1. The first-order valence-corrected chi connectivity index (χ1v) is 9.67. The molecule has 6 nitrogen and oxygen atoms in total. The topological polar surface area (TPSA) is 54.7 Å². The molecule has 166 valence electrons. The molecule has 1 N–H and O–H groups in total. The van der Waals surface area contributed by atoms with Crippen molar-refractivity contribution in [2.75, 3.05) is 25.5 Å². The van der Waals surface area contributed by atoms with Crippen LogP contribution in [0.3, 0.4) is 0 Å². The monoisotopic (exact) mass is 441 g/mol. The highest BCUT2D eigenvalue weighted by molar-refractivity contribution is 5.81. The third kappa shape index (κ3) is 4.55. The van der Waals surface area contributed by atoms with Gasteiger partial charge in [-0.05, 0) is 56.8 Å². The van der Waals surface area contributed by atoms with E-state index in [1.54, 1.807) is 22.7 Å². The van der Waals surface area contributed by atoms with Gasteiger partial charge < -0.3 is 15.0 Å². The molecule has 11 heteroatoms. The van der Waals surface area contributed by atoms with Gasteiger partial charge >= 0.3 is 12.8 Å². The lowest BCUT2D eigenvalue weighted by Crippen LogP contribution is -2.40. The lowest BCUT2D eigenvalue weighted by atomic mass is 10.1. The fourth-order valence-electron chi connectivity index (χ4n) is 3.80. The quantitative estimate of drug-likeness (QED) is 0.590. The fraction of sp³-hybridized carbons (Fsp3) is 0.400. The van der Waals surface area contributed by atoms with Crippen molar-refractivity contribution >= 4 is 11.5 Å². The molecule has 0 radical (unpaired) electrons. The molecule has 0 spiro atoms. The minimum Gasteiger partial charge on any atom is -0.434 e. The average molecular weight is 441 g/mol. The summed E-state index contributed by atoms with van der Waals surface area (Å²) in [5, 5.41) is 11.7. The van der Waals surface area contributed by atoms with Crippen molar-refractivity contribution in [3.05, 3.63) is 42.1 Å². The standard InChI is InChI=1S/C20H20F5N5O/c1-29-8-2-4-13(11-29)26-19-28-27-17(15-5-3-9-30(15)19)14-7-6-12(20(23,24)25)10-16(14)31-18(21)22/h3,5-7,9-10,13,18H,2,4,8,11H2,1H3,(H,26,28). The number of alkyl halides is 5. The normalized spacial score (nSPS) is 18.0. The fourth-order valence-corrected chi connectivity index (χ4v) is 3.80. The molecule has 4 rings (SSSR count). The van der Waals surface area contributed by atoms with Gasteiger partial charge in [0.15, 0.2) is 0 Å². The maximum atomic E-state index is 13.1. The van der Waals surface area contributed by atoms with E-state index in [-0.39, 0.29) is 17.3 Å². The van der Waals surface area contributed by atoms with Gasteiger partial charge in [0.05, 0.1) is 11.1 Å². The molecule has 3 aromatic rings. The summed E-state index contributed by atoms with van der Waals surface area (Å²) in [6.07, 6.45) is -0.980. The van der Waals surface area contributed by atoms with Gasteiger partial charge in [0, 0.05) is 24.3 Å². The zero-order valence-corrected chi connectivity index (χ0v) is 16.5. The summed E-state index contributed by atoms with van der Waals surface area (Å²) < 4.78 is 71.1. The molecule has 31 heavy (non-hydrogen) atoms. The van der Waals surface area contributed by atoms with Crippen LogP contribution in [-0.4, -0.2) is 52.3 Å². The van der Waals surface area contributed by atoms with Gasteiger partial charge in [-0.1, -0.05) is 0 Å². The first kappa shape index (κ1) is 21.3. The summed E-state index contributed by atoms with van der Waals surface area (Å²) in [4.78, 5) is 2.20. The average Bonchev–Trinajstić information content (AvgIpc) is 3.18. The molecule has 0 aliphatic carbocycles. The summed E-state index contributed by atoms with van der Waals surface area (Å²) in [7, 11) is 2.03. The van der Waals surface area contributed by atoms with E-state index in [2.05, 4.69) is 25.2 Å². The molecular formula is C20H20F5N5O. The maximum absolute atomic E-state index is 13.1. The number of nitrogens with one attached hydrogen (secondary N) is 1. The highest BCUT2D eigenvalue weighted by atomic mass is 19.4. The lowest BCUT2D eigenvalue weighted by molar-refractivity contribution is -0.138. The van der Waals surface area contributed by atoms with E-state index >= 15 is 0 Å². The maximum Gasteiger partial charge on any atom is 0.416 e. The van der Waals surface area contributed by atoms with Crippen LogP contribution in [0.5, 0.6) is 5.75 Å². The number of hydrogen-bond acceptors (Lipinski definition) is 5. The van der Waals surface area contributed by atoms with Crippen LogP contribution in [0.1, 0.15) is 18.4 Å². The van der Waals surface area contributed by atoms with Crippen molar-refractivity contribution in [2.24, 2.45) is 0 Å². The highest BCUT2D eigenvalue weighted by Gasteiger charge is 2.32. The van der Waals surface area contributed by atoms with Gasteiger partial charge in [-0.25, -0.2) is 0 Å². The third-order valence-electron chi connectivity index (χ3n) is 5.20. The Hall–Kier alpha value is -2.95. The second-order valence-electron chi connectivity index (χ2n) is 7.47. The summed E-state index contributed by atoms with van der Waals surface area (Å²) in [5.74, 6) is -0.149. The van der Waals surface area contributed by atoms with Crippen molar-refractivity contribution in [1.82, 2.24) is 19.5 Å². The zero-order chi connectivity index (χ0) is 22.2. The van der Waals surface area contributed by atoms with Gasteiger partial charge in [-0.15, -0.1) is 10.2 Å². The predicted molar refractivity (Wildman–Crippen MR) is 104 cm³/mol. The van der Waals surface area contributed by atoms with Crippen LogP contribution < -0.4 is 10.1 Å². The van der Waals surface area contributed by atoms with Crippen molar-refractivity contribution in [2.45, 2.75) is 31.7 Å². The van der Waals surface area contributed by atoms with E-state index in [4.69, 9.17) is 0 Å². The zero-order valence-electron chi connectivity index (χ0n) is 16.5. The summed E-state index contributed by atoms with van der Waals surface area (Å²) >= 11 is 0. The Bertz CT molecular complexity index is 1070. The third-order valence-corrected chi connectivity index (χ3v) is 5.20. The van der Waals surface area contributed by atoms with Crippen LogP contribution >= 0.6 is 0 Å². The summed E-state index contributed by atoms with van der Waals surface area (Å²) in [5.41, 5.74) is -0.458. The Labute approximate surface area is 174 Å². The van der Waals surface area contributed by atoms with Gasteiger partial charge in [-0.3, -0.25) is 4.40 Å². The van der Waals surface area contributed by atoms with Crippen molar-refractivity contribution < 1.29 is 26.7 Å². The first-order chi connectivity index (χ1) is 14.7. The molecule has 0 amide bonds. The smallest absolute Gasteiger partial charge is 0.416 e. The number of aromatic nitrogens is 3.